The minimum Gasteiger partial charge on any atom is -0.394 e. The van der Waals surface area contributed by atoms with Crippen molar-refractivity contribution in [2.75, 3.05) is 26.9 Å². The molecule has 0 spiro atoms. The van der Waals surface area contributed by atoms with Gasteiger partial charge in [0.05, 0.1) is 38.0 Å². The minimum atomic E-state index is -1.90. The molecule has 326 valence electrons. The number of nitrogens with one attached hydrogen (secondary N) is 1. The monoisotopic (exact) mass is 931 g/mol. The molecule has 13 N–H and O–H groups in total. The molecule has 4 aliphatic rings. The highest BCUT2D eigenvalue weighted by molar-refractivity contribution is 7.60. The zero-order chi connectivity index (χ0) is 33.3. The topological polar surface area (TPSA) is 310 Å². The summed E-state index contributed by atoms with van der Waals surface area (Å²) in [5, 5.41) is 127. The maximum atomic E-state index is 10.9. The second-order valence-electron chi connectivity index (χ2n) is 11.6. The highest BCUT2D eigenvalue weighted by atomic mass is 32.1. The lowest BCUT2D eigenvalue weighted by Crippen LogP contribution is -2.68. The van der Waals surface area contributed by atoms with Crippen molar-refractivity contribution < 1.29 is 89.7 Å². The van der Waals surface area contributed by atoms with Crippen molar-refractivity contribution in [1.29, 1.82) is 0 Å². The summed E-state index contributed by atoms with van der Waals surface area (Å²) in [5.74, 6) is 0. The third kappa shape index (κ3) is 13.9. The van der Waals surface area contributed by atoms with Crippen LogP contribution in [0.1, 0.15) is 6.92 Å². The predicted molar refractivity (Wildman–Crippen MR) is 226 cm³/mol. The molecule has 0 radical (unpaired) electrons. The predicted octanol–water partition coefficient (Wildman–Crippen LogP) is -7.01. The molecule has 19 nitrogen and oxygen atoms in total. The van der Waals surface area contributed by atoms with E-state index in [2.05, 4.69) is 5.32 Å². The lowest BCUT2D eigenvalue weighted by atomic mass is 9.86. The van der Waals surface area contributed by atoms with Gasteiger partial charge in [0.25, 0.3) is 0 Å². The van der Waals surface area contributed by atoms with E-state index in [-0.39, 0.29) is 114 Å². The van der Waals surface area contributed by atoms with Gasteiger partial charge in [-0.25, -0.2) is 0 Å². The molecule has 1 aliphatic carbocycles. The number of aliphatic hydroxyl groups is 12. The van der Waals surface area contributed by atoms with E-state index in [0.717, 1.165) is 0 Å². The first-order chi connectivity index (χ1) is 21.3. The molecule has 53 heavy (non-hydrogen) atoms. The van der Waals surface area contributed by atoms with Crippen LogP contribution in [0.25, 0.3) is 0 Å². The molecule has 3 aliphatic heterocycles. The lowest BCUT2D eigenvalue weighted by molar-refractivity contribution is -0.375. The van der Waals surface area contributed by atoms with Gasteiger partial charge in [-0.15, -0.1) is 0 Å². The molecule has 0 saturated carbocycles. The highest BCUT2D eigenvalue weighted by Crippen LogP contribution is 2.33. The molecule has 0 aromatic heterocycles. The third-order valence-corrected chi connectivity index (χ3v) is 8.69. The summed E-state index contributed by atoms with van der Waals surface area (Å²) in [6.45, 7) is -0.630. The molecule has 3 fully saturated rings. The van der Waals surface area contributed by atoms with E-state index < -0.39 is 136 Å². The van der Waals surface area contributed by atoms with Crippen LogP contribution in [-0.2, 0) is 28.4 Å². The van der Waals surface area contributed by atoms with Gasteiger partial charge in [0.1, 0.15) is 79.4 Å². The summed E-state index contributed by atoms with van der Waals surface area (Å²) in [5.41, 5.74) is 0.0286. The molecule has 27 heteroatoms. The maximum absolute atomic E-state index is 10.9. The number of methoxy groups -OCH3 is 1. The van der Waals surface area contributed by atoms with E-state index in [1.165, 1.54) is 20.1 Å². The van der Waals surface area contributed by atoms with Gasteiger partial charge in [-0.05, 0) is 12.5 Å². The van der Waals surface area contributed by atoms with Gasteiger partial charge < -0.3 is 95.0 Å². The number of hydrogen-bond acceptors (Lipinski definition) is 19. The van der Waals surface area contributed by atoms with E-state index in [1.54, 1.807) is 0 Å². The van der Waals surface area contributed by atoms with Crippen molar-refractivity contribution in [2.45, 2.75) is 123 Å². The molecule has 0 aromatic carbocycles. The Hall–Kier alpha value is 1.78. The molecule has 3 heterocycles. The standard InChI is InChI=1S/C26H45NO18.8H2S/c1-7-12(27-9-3-8(4-28)13(31)16(34)14(9)32)15(33)19(37)25(41-7)44-23-11(6-30)43-26(21(39)18(23)36)45-22-10(5-29)42-24(40-2)20(38)17(22)35;;;;;;;;/h3,7,9-39H,4-6H2,1-2H3;8*1H2/t7?,9?,10?,11-,12-,13?,14?,15?,16+,17?,18-,19-,20-,21?,22?,23?,24?,25+,26+;;;;;;;;/m1......../s1. The van der Waals surface area contributed by atoms with E-state index >= 15 is 0 Å². The molecular formula is C26H61NO18S8. The SMILES string of the molecule is COC1OC(CO)C(O[C@@H]2O[C@H](CO)C(O[C@@H]3OC(C)[C@@H](NC4C=C(CO)C(O)[C@H](O)C4O)C(O)[C@H]3O)[C@H](O)C2O)C(O)[C@H]1O.S.S.S.S.S.S.S.S. The summed E-state index contributed by atoms with van der Waals surface area (Å²) >= 11 is 0. The molecule has 0 bridgehead atoms. The lowest BCUT2D eigenvalue weighted by Gasteiger charge is -2.48. The smallest absolute Gasteiger partial charge is 0.187 e. The average molecular weight is 932 g/mol. The Labute approximate surface area is 362 Å². The Kier molecular flexibility index (Phi) is 34.1. The summed E-state index contributed by atoms with van der Waals surface area (Å²) in [4.78, 5) is 0. The van der Waals surface area contributed by atoms with E-state index in [4.69, 9.17) is 28.4 Å². The summed E-state index contributed by atoms with van der Waals surface area (Å²) in [6.07, 6.45) is -25.2. The van der Waals surface area contributed by atoms with Crippen molar-refractivity contribution >= 4 is 108 Å². The number of ether oxygens (including phenoxy) is 6. The molecule has 19 atom stereocenters. The largest absolute Gasteiger partial charge is 0.394 e. The van der Waals surface area contributed by atoms with E-state index in [0.29, 0.717) is 0 Å². The Morgan fingerprint density at radius 2 is 0.981 bits per heavy atom. The van der Waals surface area contributed by atoms with Gasteiger partial charge in [0.2, 0.25) is 0 Å². The minimum absolute atomic E-state index is 0. The first-order valence-electron chi connectivity index (χ1n) is 14.5. The highest BCUT2D eigenvalue weighted by Gasteiger charge is 2.53. The Morgan fingerprint density at radius 3 is 1.42 bits per heavy atom. The van der Waals surface area contributed by atoms with Crippen molar-refractivity contribution in [3.8, 4) is 0 Å². The van der Waals surface area contributed by atoms with Crippen LogP contribution < -0.4 is 5.32 Å². The van der Waals surface area contributed by atoms with Gasteiger partial charge in [0.15, 0.2) is 18.9 Å². The van der Waals surface area contributed by atoms with Crippen LogP contribution in [0.3, 0.4) is 0 Å². The second kappa shape index (κ2) is 28.3. The fourth-order valence-corrected chi connectivity index (χ4v) is 5.99. The van der Waals surface area contributed by atoms with Crippen LogP contribution in [0.4, 0.5) is 0 Å². The number of rotatable bonds is 10. The number of hydrogen-bond donors (Lipinski definition) is 13. The van der Waals surface area contributed by atoms with Crippen LogP contribution in [-0.4, -0.2) is 205 Å². The summed E-state index contributed by atoms with van der Waals surface area (Å²) in [7, 11) is 1.21. The van der Waals surface area contributed by atoms with Gasteiger partial charge in [-0.3, -0.25) is 0 Å². The zero-order valence-corrected chi connectivity index (χ0v) is 36.5. The van der Waals surface area contributed by atoms with Gasteiger partial charge in [-0.1, -0.05) is 6.08 Å². The third-order valence-electron chi connectivity index (χ3n) is 8.69. The molecule has 3 saturated heterocycles. The van der Waals surface area contributed by atoms with Crippen LogP contribution in [0, 0.1) is 0 Å². The zero-order valence-electron chi connectivity index (χ0n) is 28.5. The Balaban J connectivity index is -0.000000960. The summed E-state index contributed by atoms with van der Waals surface area (Å²) in [6, 6.07) is -2.15. The Bertz CT molecular complexity index is 1010. The van der Waals surface area contributed by atoms with E-state index in [9.17, 15) is 61.3 Å². The summed E-state index contributed by atoms with van der Waals surface area (Å²) < 4.78 is 32.9. The van der Waals surface area contributed by atoms with Crippen molar-refractivity contribution in [2.24, 2.45) is 0 Å². The molecule has 0 amide bonds. The van der Waals surface area contributed by atoms with Crippen molar-refractivity contribution in [1.82, 2.24) is 5.32 Å². The van der Waals surface area contributed by atoms with Gasteiger partial charge in [0, 0.05) is 7.11 Å². The van der Waals surface area contributed by atoms with E-state index in [1.807, 2.05) is 0 Å². The fraction of sp³-hybridized carbons (Fsp3) is 0.923. The van der Waals surface area contributed by atoms with Crippen LogP contribution in [0.5, 0.6) is 0 Å². The quantitative estimate of drug-likeness (QED) is 0.0906. The van der Waals surface area contributed by atoms with Crippen LogP contribution in [0.15, 0.2) is 11.6 Å². The Morgan fingerprint density at radius 1 is 0.566 bits per heavy atom. The average Bonchev–Trinajstić information content (AvgIpc) is 3.03. The second-order valence-corrected chi connectivity index (χ2v) is 11.6. The van der Waals surface area contributed by atoms with Gasteiger partial charge in [-0.2, -0.15) is 108 Å². The fourth-order valence-electron chi connectivity index (χ4n) is 5.99. The first kappa shape index (κ1) is 63.9. The van der Waals surface area contributed by atoms with Gasteiger partial charge >= 0.3 is 0 Å². The van der Waals surface area contributed by atoms with Crippen molar-refractivity contribution in [3.05, 3.63) is 11.6 Å². The molecular weight excluding hydrogens is 871 g/mol. The maximum Gasteiger partial charge on any atom is 0.187 e. The normalized spacial score (nSPS) is 43.4. The van der Waals surface area contributed by atoms with Crippen molar-refractivity contribution in [3.63, 3.8) is 0 Å². The first-order valence-corrected chi connectivity index (χ1v) is 14.5. The van der Waals surface area contributed by atoms with Crippen LogP contribution in [0.2, 0.25) is 0 Å². The molecule has 0 aromatic rings. The van der Waals surface area contributed by atoms with Crippen LogP contribution >= 0.6 is 108 Å². The number of aliphatic hydroxyl groups excluding tert-OH is 12. The molecule has 4 rings (SSSR count). The molecule has 11 unspecified atom stereocenters.